The molecular formula is C10H10O3. The molecule has 3 nitrogen and oxygen atoms in total. The third-order valence-electron chi connectivity index (χ3n) is 2.29. The molecule has 0 bridgehead atoms. The molecule has 1 aliphatic heterocycles. The minimum absolute atomic E-state index is 0.169. The number of rotatable bonds is 2. The highest BCUT2D eigenvalue weighted by Gasteiger charge is 2.54. The highest BCUT2D eigenvalue weighted by atomic mass is 16.7. The van der Waals surface area contributed by atoms with Gasteiger partial charge in [-0.2, -0.15) is 0 Å². The van der Waals surface area contributed by atoms with Crippen LogP contribution in [0, 0.1) is 0 Å². The first kappa shape index (κ1) is 8.10. The van der Waals surface area contributed by atoms with Gasteiger partial charge in [-0.15, -0.1) is 0 Å². The molecule has 0 spiro atoms. The summed E-state index contributed by atoms with van der Waals surface area (Å²) >= 11 is 0. The van der Waals surface area contributed by atoms with E-state index in [-0.39, 0.29) is 5.97 Å². The van der Waals surface area contributed by atoms with Gasteiger partial charge in [0.05, 0.1) is 7.11 Å². The first-order valence-electron chi connectivity index (χ1n) is 4.05. The first-order chi connectivity index (χ1) is 6.16. The van der Waals surface area contributed by atoms with Crippen LogP contribution in [0.2, 0.25) is 0 Å². The van der Waals surface area contributed by atoms with E-state index in [1.807, 2.05) is 24.3 Å². The van der Waals surface area contributed by atoms with E-state index in [9.17, 15) is 4.79 Å². The molecule has 1 heterocycles. The van der Waals surface area contributed by atoms with Gasteiger partial charge in [0.15, 0.2) is 0 Å². The topological polar surface area (TPSA) is 38.8 Å². The van der Waals surface area contributed by atoms with Gasteiger partial charge in [-0.25, -0.2) is 4.79 Å². The van der Waals surface area contributed by atoms with Crippen LogP contribution in [0.1, 0.15) is 12.5 Å². The van der Waals surface area contributed by atoms with Crippen LogP contribution in [0.25, 0.3) is 0 Å². The van der Waals surface area contributed by atoms with Crippen molar-refractivity contribution in [1.82, 2.24) is 0 Å². The normalized spacial score (nSPS) is 25.2. The molecule has 0 aromatic heterocycles. The average molecular weight is 178 g/mol. The standard InChI is InChI=1S/C10H10O3/c1-10(9(11)13-10)7-3-5-8(12-2)6-4-7/h3-6H,1-2H3. The van der Waals surface area contributed by atoms with E-state index in [2.05, 4.69) is 0 Å². The minimum atomic E-state index is -0.702. The SMILES string of the molecule is COc1ccc(C2(C)OC2=O)cc1. The van der Waals surface area contributed by atoms with Gasteiger partial charge in [-0.3, -0.25) is 0 Å². The van der Waals surface area contributed by atoms with Crippen molar-refractivity contribution in [1.29, 1.82) is 0 Å². The van der Waals surface area contributed by atoms with Gasteiger partial charge in [0.1, 0.15) is 5.75 Å². The molecule has 68 valence electrons. The lowest BCUT2D eigenvalue weighted by atomic mass is 10.0. The van der Waals surface area contributed by atoms with Crippen molar-refractivity contribution in [3.8, 4) is 5.75 Å². The van der Waals surface area contributed by atoms with Crippen molar-refractivity contribution in [3.63, 3.8) is 0 Å². The van der Waals surface area contributed by atoms with Crippen LogP contribution in [0.4, 0.5) is 0 Å². The minimum Gasteiger partial charge on any atom is -0.497 e. The van der Waals surface area contributed by atoms with Gasteiger partial charge in [0, 0.05) is 5.56 Å². The maximum absolute atomic E-state index is 10.9. The van der Waals surface area contributed by atoms with Crippen molar-refractivity contribution >= 4 is 5.97 Å². The van der Waals surface area contributed by atoms with Crippen molar-refractivity contribution in [2.45, 2.75) is 12.5 Å². The Hall–Kier alpha value is -1.51. The number of ether oxygens (including phenoxy) is 2. The Balaban J connectivity index is 2.29. The molecule has 0 N–H and O–H groups in total. The van der Waals surface area contributed by atoms with Crippen LogP contribution >= 0.6 is 0 Å². The molecule has 1 aliphatic rings. The van der Waals surface area contributed by atoms with Gasteiger partial charge < -0.3 is 9.47 Å². The molecule has 1 aromatic rings. The smallest absolute Gasteiger partial charge is 0.356 e. The van der Waals surface area contributed by atoms with E-state index < -0.39 is 5.60 Å². The Morgan fingerprint density at radius 3 is 2.23 bits per heavy atom. The van der Waals surface area contributed by atoms with E-state index in [0.717, 1.165) is 11.3 Å². The highest BCUT2D eigenvalue weighted by molar-refractivity contribution is 5.93. The summed E-state index contributed by atoms with van der Waals surface area (Å²) in [5, 5.41) is 0. The summed E-state index contributed by atoms with van der Waals surface area (Å²) in [6.45, 7) is 1.76. The number of epoxide rings is 1. The maximum Gasteiger partial charge on any atom is 0.356 e. The fourth-order valence-corrected chi connectivity index (χ4v) is 1.25. The monoisotopic (exact) mass is 178 g/mol. The second-order valence-corrected chi connectivity index (χ2v) is 3.15. The molecule has 1 unspecified atom stereocenters. The summed E-state index contributed by atoms with van der Waals surface area (Å²) in [4.78, 5) is 10.9. The first-order valence-corrected chi connectivity index (χ1v) is 4.05. The lowest BCUT2D eigenvalue weighted by Crippen LogP contribution is -2.03. The molecule has 13 heavy (non-hydrogen) atoms. The zero-order valence-corrected chi connectivity index (χ0v) is 7.53. The molecule has 2 rings (SSSR count). The van der Waals surface area contributed by atoms with E-state index >= 15 is 0 Å². The lowest BCUT2D eigenvalue weighted by molar-refractivity contribution is -0.117. The Labute approximate surface area is 76.3 Å². The number of hydrogen-bond acceptors (Lipinski definition) is 3. The van der Waals surface area contributed by atoms with E-state index in [1.54, 1.807) is 14.0 Å². The largest absolute Gasteiger partial charge is 0.497 e. The maximum atomic E-state index is 10.9. The second-order valence-electron chi connectivity index (χ2n) is 3.15. The van der Waals surface area contributed by atoms with Gasteiger partial charge in [0.25, 0.3) is 0 Å². The Kier molecular flexibility index (Phi) is 1.55. The predicted molar refractivity (Wildman–Crippen MR) is 46.4 cm³/mol. The van der Waals surface area contributed by atoms with E-state index in [4.69, 9.17) is 9.47 Å². The number of carbonyl (C=O) groups excluding carboxylic acids is 1. The molecular weight excluding hydrogens is 168 g/mol. The Morgan fingerprint density at radius 1 is 1.31 bits per heavy atom. The quantitative estimate of drug-likeness (QED) is 0.643. The second kappa shape index (κ2) is 2.49. The van der Waals surface area contributed by atoms with Crippen LogP contribution in [0.5, 0.6) is 5.75 Å². The molecule has 1 aromatic carbocycles. The number of benzene rings is 1. The van der Waals surface area contributed by atoms with Crippen molar-refractivity contribution < 1.29 is 14.3 Å². The van der Waals surface area contributed by atoms with Crippen LogP contribution in [0.3, 0.4) is 0 Å². The molecule has 0 aliphatic carbocycles. The number of hydrogen-bond donors (Lipinski definition) is 0. The van der Waals surface area contributed by atoms with Crippen LogP contribution in [-0.2, 0) is 15.1 Å². The predicted octanol–water partition coefficient (Wildman–Crippen LogP) is 1.47. The molecule has 1 fully saturated rings. The zero-order chi connectivity index (χ0) is 9.47. The van der Waals surface area contributed by atoms with Gasteiger partial charge in [0.2, 0.25) is 5.60 Å². The van der Waals surface area contributed by atoms with Gasteiger partial charge in [-0.1, -0.05) is 12.1 Å². The van der Waals surface area contributed by atoms with Crippen LogP contribution < -0.4 is 4.74 Å². The highest BCUT2D eigenvalue weighted by Crippen LogP contribution is 2.40. The Bertz CT molecular complexity index is 342. The third kappa shape index (κ3) is 1.16. The summed E-state index contributed by atoms with van der Waals surface area (Å²) in [5.74, 6) is 0.609. The van der Waals surface area contributed by atoms with Crippen molar-refractivity contribution in [2.24, 2.45) is 0 Å². The lowest BCUT2D eigenvalue weighted by Gasteiger charge is -2.03. The summed E-state index contributed by atoms with van der Waals surface area (Å²) in [7, 11) is 1.61. The average Bonchev–Trinajstić information content (AvgIpc) is 2.76. The molecule has 1 atom stereocenters. The van der Waals surface area contributed by atoms with E-state index in [1.165, 1.54) is 0 Å². The third-order valence-corrected chi connectivity index (χ3v) is 2.29. The number of methoxy groups -OCH3 is 1. The van der Waals surface area contributed by atoms with E-state index in [0.29, 0.717) is 0 Å². The summed E-state index contributed by atoms with van der Waals surface area (Å²) in [5.41, 5.74) is 0.171. The molecule has 0 radical (unpaired) electrons. The Morgan fingerprint density at radius 2 is 1.85 bits per heavy atom. The molecule has 1 saturated heterocycles. The van der Waals surface area contributed by atoms with Crippen molar-refractivity contribution in [2.75, 3.05) is 7.11 Å². The van der Waals surface area contributed by atoms with Gasteiger partial charge >= 0.3 is 5.97 Å². The summed E-state index contributed by atoms with van der Waals surface area (Å²) in [6.07, 6.45) is 0. The van der Waals surface area contributed by atoms with Crippen molar-refractivity contribution in [3.05, 3.63) is 29.8 Å². The zero-order valence-electron chi connectivity index (χ0n) is 7.53. The fourth-order valence-electron chi connectivity index (χ4n) is 1.25. The summed E-state index contributed by atoms with van der Waals surface area (Å²) < 4.78 is 9.89. The van der Waals surface area contributed by atoms with Crippen LogP contribution in [0.15, 0.2) is 24.3 Å². The van der Waals surface area contributed by atoms with Gasteiger partial charge in [-0.05, 0) is 19.1 Å². The molecule has 0 saturated carbocycles. The summed E-state index contributed by atoms with van der Waals surface area (Å²) in [6, 6.07) is 7.30. The molecule has 3 heteroatoms. The van der Waals surface area contributed by atoms with Crippen LogP contribution in [-0.4, -0.2) is 13.1 Å². The fraction of sp³-hybridized carbons (Fsp3) is 0.300. The molecule has 0 amide bonds. The number of carbonyl (C=O) groups is 1. The number of cyclic esters (lactones) is 1.